The van der Waals surface area contributed by atoms with Crippen LogP contribution < -0.4 is 4.90 Å². The Morgan fingerprint density at radius 3 is 2.00 bits per heavy atom. The van der Waals surface area contributed by atoms with Crippen LogP contribution in [-0.4, -0.2) is 16.8 Å². The zero-order chi connectivity index (χ0) is 19.7. The fraction of sp³-hybridized carbons (Fsp3) is 0.0435. The van der Waals surface area contributed by atoms with Crippen molar-refractivity contribution in [2.24, 2.45) is 0 Å². The van der Waals surface area contributed by atoms with Crippen LogP contribution in [0.15, 0.2) is 90.5 Å². The van der Waals surface area contributed by atoms with E-state index in [4.69, 9.17) is 0 Å². The molecule has 1 aliphatic rings. The van der Waals surface area contributed by atoms with Crippen LogP contribution in [0.1, 0.15) is 17.2 Å². The predicted octanol–water partition coefficient (Wildman–Crippen LogP) is 4.45. The molecule has 28 heavy (non-hydrogen) atoms. The third kappa shape index (κ3) is 2.97. The Hall–Kier alpha value is -3.73. The van der Waals surface area contributed by atoms with Crippen molar-refractivity contribution < 1.29 is 19.1 Å². The standard InChI is InChI=1S/C23H16FNO3/c24-17-13-11-16(12-14-17)21(26)19-20(15-7-3-1-4-8-15)25(23(28)22(19)27)18-9-5-2-6-10-18/h1-14,20,26H/t20-/m1/s1. The third-order valence-electron chi connectivity index (χ3n) is 4.71. The average Bonchev–Trinajstić information content (AvgIpc) is 3.00. The Kier molecular flexibility index (Phi) is 4.49. The largest absolute Gasteiger partial charge is 0.507 e. The van der Waals surface area contributed by atoms with E-state index in [0.29, 0.717) is 11.3 Å². The van der Waals surface area contributed by atoms with Gasteiger partial charge in [-0.1, -0.05) is 48.5 Å². The highest BCUT2D eigenvalue weighted by Crippen LogP contribution is 2.41. The lowest BCUT2D eigenvalue weighted by molar-refractivity contribution is -0.132. The number of amides is 1. The highest BCUT2D eigenvalue weighted by molar-refractivity contribution is 6.51. The van der Waals surface area contributed by atoms with Crippen molar-refractivity contribution in [1.82, 2.24) is 0 Å². The van der Waals surface area contributed by atoms with E-state index in [2.05, 4.69) is 0 Å². The van der Waals surface area contributed by atoms with Crippen molar-refractivity contribution in [3.63, 3.8) is 0 Å². The number of Topliss-reactive ketones (excluding diaryl/α,β-unsaturated/α-hetero) is 1. The zero-order valence-electron chi connectivity index (χ0n) is 14.7. The second kappa shape index (κ2) is 7.12. The molecule has 0 saturated carbocycles. The lowest BCUT2D eigenvalue weighted by Crippen LogP contribution is -2.29. The van der Waals surface area contributed by atoms with Crippen molar-refractivity contribution in [2.45, 2.75) is 6.04 Å². The molecule has 4 nitrogen and oxygen atoms in total. The van der Waals surface area contributed by atoms with E-state index in [0.717, 1.165) is 0 Å². The number of benzene rings is 3. The van der Waals surface area contributed by atoms with Crippen LogP contribution in [0.4, 0.5) is 10.1 Å². The highest BCUT2D eigenvalue weighted by atomic mass is 19.1. The van der Waals surface area contributed by atoms with Crippen molar-refractivity contribution in [2.75, 3.05) is 4.90 Å². The van der Waals surface area contributed by atoms with Crippen LogP contribution in [0, 0.1) is 5.82 Å². The van der Waals surface area contributed by atoms with Gasteiger partial charge in [0.25, 0.3) is 11.7 Å². The van der Waals surface area contributed by atoms with Gasteiger partial charge in [0, 0.05) is 11.3 Å². The smallest absolute Gasteiger partial charge is 0.300 e. The maximum atomic E-state index is 13.3. The van der Waals surface area contributed by atoms with Gasteiger partial charge in [0.05, 0.1) is 11.6 Å². The molecule has 0 bridgehead atoms. The molecule has 1 aliphatic heterocycles. The summed E-state index contributed by atoms with van der Waals surface area (Å²) >= 11 is 0. The number of ketones is 1. The van der Waals surface area contributed by atoms with Crippen molar-refractivity contribution in [3.8, 4) is 0 Å². The van der Waals surface area contributed by atoms with Gasteiger partial charge < -0.3 is 5.11 Å². The van der Waals surface area contributed by atoms with E-state index in [1.165, 1.54) is 29.2 Å². The molecule has 1 N–H and O–H groups in total. The average molecular weight is 373 g/mol. The number of aliphatic hydroxyl groups excluding tert-OH is 1. The minimum Gasteiger partial charge on any atom is -0.507 e. The second-order valence-corrected chi connectivity index (χ2v) is 6.42. The van der Waals surface area contributed by atoms with Gasteiger partial charge in [-0.2, -0.15) is 0 Å². The molecule has 1 saturated heterocycles. The lowest BCUT2D eigenvalue weighted by atomic mass is 9.95. The van der Waals surface area contributed by atoms with E-state index in [-0.39, 0.29) is 16.9 Å². The fourth-order valence-electron chi connectivity index (χ4n) is 3.40. The molecular weight excluding hydrogens is 357 g/mol. The molecule has 0 aliphatic carbocycles. The van der Waals surface area contributed by atoms with Gasteiger partial charge >= 0.3 is 0 Å². The molecular formula is C23H16FNO3. The maximum Gasteiger partial charge on any atom is 0.300 e. The quantitative estimate of drug-likeness (QED) is 0.419. The van der Waals surface area contributed by atoms with Crippen molar-refractivity contribution in [1.29, 1.82) is 0 Å². The number of para-hydroxylation sites is 1. The summed E-state index contributed by atoms with van der Waals surface area (Å²) in [6, 6.07) is 22.2. The van der Waals surface area contributed by atoms with Crippen LogP contribution in [0.2, 0.25) is 0 Å². The number of hydrogen-bond donors (Lipinski definition) is 1. The zero-order valence-corrected chi connectivity index (χ0v) is 14.7. The van der Waals surface area contributed by atoms with Crippen LogP contribution in [0.3, 0.4) is 0 Å². The van der Waals surface area contributed by atoms with Gasteiger partial charge in [-0.15, -0.1) is 0 Å². The van der Waals surface area contributed by atoms with Crippen LogP contribution in [-0.2, 0) is 9.59 Å². The van der Waals surface area contributed by atoms with Crippen molar-refractivity contribution >= 4 is 23.1 Å². The molecule has 0 aromatic heterocycles. The fourth-order valence-corrected chi connectivity index (χ4v) is 3.40. The first-order valence-electron chi connectivity index (χ1n) is 8.75. The molecule has 138 valence electrons. The van der Waals surface area contributed by atoms with Gasteiger partial charge in [-0.25, -0.2) is 4.39 Å². The molecule has 1 amide bonds. The number of aliphatic hydroxyl groups is 1. The Bertz CT molecular complexity index is 1060. The van der Waals surface area contributed by atoms with Crippen molar-refractivity contribution in [3.05, 3.63) is 107 Å². The summed E-state index contributed by atoms with van der Waals surface area (Å²) in [4.78, 5) is 27.1. The lowest BCUT2D eigenvalue weighted by Gasteiger charge is -2.25. The van der Waals surface area contributed by atoms with E-state index >= 15 is 0 Å². The summed E-state index contributed by atoms with van der Waals surface area (Å²) < 4.78 is 13.3. The summed E-state index contributed by atoms with van der Waals surface area (Å²) in [5.74, 6) is -2.28. The highest BCUT2D eigenvalue weighted by Gasteiger charge is 2.46. The summed E-state index contributed by atoms with van der Waals surface area (Å²) in [5.41, 5.74) is 1.49. The summed E-state index contributed by atoms with van der Waals surface area (Å²) in [7, 11) is 0. The maximum absolute atomic E-state index is 13.3. The second-order valence-electron chi connectivity index (χ2n) is 6.42. The Labute approximate surface area is 161 Å². The molecule has 4 rings (SSSR count). The van der Waals surface area contributed by atoms with E-state index in [1.807, 2.05) is 12.1 Å². The monoisotopic (exact) mass is 373 g/mol. The number of carbonyl (C=O) groups is 2. The molecule has 5 heteroatoms. The van der Waals surface area contributed by atoms with Crippen LogP contribution >= 0.6 is 0 Å². The Morgan fingerprint density at radius 2 is 1.39 bits per heavy atom. The minimum atomic E-state index is -0.784. The number of anilines is 1. The number of carbonyl (C=O) groups excluding carboxylic acids is 2. The summed E-state index contributed by atoms with van der Waals surface area (Å²) in [5, 5.41) is 10.9. The molecule has 0 radical (unpaired) electrons. The SMILES string of the molecule is O=C1C(=O)N(c2ccccc2)[C@H](c2ccccc2)C1=C(O)c1ccc(F)cc1. The Balaban J connectivity index is 1.94. The summed E-state index contributed by atoms with van der Waals surface area (Å²) in [6.45, 7) is 0. The van der Waals surface area contributed by atoms with Gasteiger partial charge in [0.2, 0.25) is 0 Å². The molecule has 0 spiro atoms. The van der Waals surface area contributed by atoms with E-state index in [9.17, 15) is 19.1 Å². The molecule has 1 heterocycles. The topological polar surface area (TPSA) is 57.6 Å². The molecule has 1 atom stereocenters. The predicted molar refractivity (Wildman–Crippen MR) is 104 cm³/mol. The van der Waals surface area contributed by atoms with Crippen LogP contribution in [0.25, 0.3) is 5.76 Å². The number of rotatable bonds is 3. The van der Waals surface area contributed by atoms with E-state index < -0.39 is 23.5 Å². The first-order valence-corrected chi connectivity index (χ1v) is 8.75. The number of nitrogens with zero attached hydrogens (tertiary/aromatic N) is 1. The van der Waals surface area contributed by atoms with Crippen LogP contribution in [0.5, 0.6) is 0 Å². The Morgan fingerprint density at radius 1 is 0.821 bits per heavy atom. The normalized spacial score (nSPS) is 18.5. The molecule has 3 aromatic carbocycles. The first-order chi connectivity index (χ1) is 13.6. The number of hydrogen-bond acceptors (Lipinski definition) is 3. The first kappa shape index (κ1) is 17.7. The van der Waals surface area contributed by atoms with Gasteiger partial charge in [-0.05, 0) is 42.0 Å². The van der Waals surface area contributed by atoms with Gasteiger partial charge in [-0.3, -0.25) is 14.5 Å². The minimum absolute atomic E-state index is 0.0216. The molecule has 0 unspecified atom stereocenters. The molecule has 3 aromatic rings. The summed E-state index contributed by atoms with van der Waals surface area (Å²) in [6.07, 6.45) is 0. The van der Waals surface area contributed by atoms with Gasteiger partial charge in [0.1, 0.15) is 11.6 Å². The van der Waals surface area contributed by atoms with Gasteiger partial charge in [0.15, 0.2) is 0 Å². The third-order valence-corrected chi connectivity index (χ3v) is 4.71. The van der Waals surface area contributed by atoms with E-state index in [1.54, 1.807) is 48.5 Å². The molecule has 1 fully saturated rings. The number of halogens is 1.